The number of benzene rings is 2. The van der Waals surface area contributed by atoms with Crippen LogP contribution in [0.1, 0.15) is 23.1 Å². The van der Waals surface area contributed by atoms with Crippen molar-refractivity contribution in [2.24, 2.45) is 5.92 Å². The van der Waals surface area contributed by atoms with E-state index < -0.39 is 0 Å². The van der Waals surface area contributed by atoms with Gasteiger partial charge in [-0.15, -0.1) is 0 Å². The first-order valence-corrected chi connectivity index (χ1v) is 8.77. The van der Waals surface area contributed by atoms with Gasteiger partial charge in [0.1, 0.15) is 5.75 Å². The van der Waals surface area contributed by atoms with Gasteiger partial charge in [-0.2, -0.15) is 0 Å². The molecular formula is C21H24N2O3. The van der Waals surface area contributed by atoms with Gasteiger partial charge in [-0.3, -0.25) is 9.59 Å². The highest BCUT2D eigenvalue weighted by molar-refractivity contribution is 6.00. The molecule has 1 saturated heterocycles. The lowest BCUT2D eigenvalue weighted by Gasteiger charge is -2.20. The largest absolute Gasteiger partial charge is 0.496 e. The molecular weight excluding hydrogens is 328 g/mol. The van der Waals surface area contributed by atoms with Crippen molar-refractivity contribution in [1.29, 1.82) is 0 Å². The lowest BCUT2D eigenvalue weighted by atomic mass is 10.1. The fraction of sp³-hybridized carbons (Fsp3) is 0.333. The Bertz CT molecular complexity index is 832. The predicted octanol–water partition coefficient (Wildman–Crippen LogP) is 2.98. The molecule has 0 aliphatic carbocycles. The van der Waals surface area contributed by atoms with E-state index in [4.69, 9.17) is 4.74 Å². The highest BCUT2D eigenvalue weighted by Crippen LogP contribution is 2.29. The van der Waals surface area contributed by atoms with Crippen LogP contribution in [0.2, 0.25) is 0 Å². The number of carbonyl (C=O) groups excluding carboxylic acids is 2. The molecule has 0 bridgehead atoms. The van der Waals surface area contributed by atoms with Gasteiger partial charge in [0.2, 0.25) is 11.8 Å². The fourth-order valence-electron chi connectivity index (χ4n) is 3.32. The number of anilines is 1. The number of aryl methyl sites for hydroxylation is 1. The van der Waals surface area contributed by atoms with Gasteiger partial charge in [0, 0.05) is 30.8 Å². The van der Waals surface area contributed by atoms with Gasteiger partial charge in [-0.25, -0.2) is 0 Å². The predicted molar refractivity (Wildman–Crippen MR) is 101 cm³/mol. The van der Waals surface area contributed by atoms with Gasteiger partial charge >= 0.3 is 0 Å². The Morgan fingerprint density at radius 3 is 2.73 bits per heavy atom. The quantitative estimate of drug-likeness (QED) is 0.900. The number of hydrogen-bond donors (Lipinski definition) is 1. The molecule has 3 rings (SSSR count). The van der Waals surface area contributed by atoms with Crippen LogP contribution in [0.4, 0.5) is 5.69 Å². The summed E-state index contributed by atoms with van der Waals surface area (Å²) < 4.78 is 5.31. The normalized spacial score (nSPS) is 16.7. The molecule has 0 aromatic heterocycles. The fourth-order valence-corrected chi connectivity index (χ4v) is 3.32. The number of nitrogens with one attached hydrogen (secondary N) is 1. The second-order valence-corrected chi connectivity index (χ2v) is 6.65. The zero-order valence-electron chi connectivity index (χ0n) is 15.4. The number of nitrogens with zero attached hydrogens (tertiary/aromatic N) is 1. The average molecular weight is 352 g/mol. The maximum atomic E-state index is 12.6. The minimum atomic E-state index is -0.336. The van der Waals surface area contributed by atoms with Crippen molar-refractivity contribution in [2.45, 2.75) is 26.8 Å². The number of amides is 2. The zero-order chi connectivity index (χ0) is 18.7. The average Bonchev–Trinajstić information content (AvgIpc) is 3.04. The molecule has 0 radical (unpaired) electrons. The summed E-state index contributed by atoms with van der Waals surface area (Å²) in [5.74, 6) is 0.303. The summed E-state index contributed by atoms with van der Waals surface area (Å²) in [6, 6.07) is 13.5. The monoisotopic (exact) mass is 352 g/mol. The Hall–Kier alpha value is -2.82. The van der Waals surface area contributed by atoms with E-state index in [2.05, 4.69) is 5.32 Å². The maximum absolute atomic E-state index is 12.6. The first-order valence-electron chi connectivity index (χ1n) is 8.77. The van der Waals surface area contributed by atoms with Gasteiger partial charge in [-0.1, -0.05) is 30.3 Å². The van der Waals surface area contributed by atoms with Crippen LogP contribution in [0.3, 0.4) is 0 Å². The van der Waals surface area contributed by atoms with Gasteiger partial charge in [0.15, 0.2) is 0 Å². The lowest BCUT2D eigenvalue weighted by molar-refractivity contribution is -0.126. The van der Waals surface area contributed by atoms with E-state index in [0.29, 0.717) is 13.1 Å². The minimum Gasteiger partial charge on any atom is -0.496 e. The summed E-state index contributed by atoms with van der Waals surface area (Å²) in [4.78, 5) is 26.7. The summed E-state index contributed by atoms with van der Waals surface area (Å²) in [7, 11) is 1.61. The number of hydrogen-bond acceptors (Lipinski definition) is 3. The zero-order valence-corrected chi connectivity index (χ0v) is 15.4. The van der Waals surface area contributed by atoms with Crippen LogP contribution in [0.15, 0.2) is 42.5 Å². The van der Waals surface area contributed by atoms with Crippen LogP contribution in [0.5, 0.6) is 5.75 Å². The van der Waals surface area contributed by atoms with Crippen molar-refractivity contribution in [3.63, 3.8) is 0 Å². The van der Waals surface area contributed by atoms with E-state index in [1.54, 1.807) is 12.0 Å². The Labute approximate surface area is 154 Å². The number of ether oxygens (including phenoxy) is 1. The molecule has 2 aromatic rings. The third-order valence-electron chi connectivity index (χ3n) is 5.01. The standard InChI is InChI=1S/C21H24N2O3/c1-14-7-6-9-18(15(14)2)23-13-17(11-20(23)24)21(25)22-12-16-8-4-5-10-19(16)26-3/h4-10,17H,11-13H2,1-3H3,(H,22,25). The summed E-state index contributed by atoms with van der Waals surface area (Å²) in [5.41, 5.74) is 4.03. The molecule has 0 spiro atoms. The SMILES string of the molecule is COc1ccccc1CNC(=O)C1CC(=O)N(c2cccc(C)c2C)C1. The molecule has 0 saturated carbocycles. The second-order valence-electron chi connectivity index (χ2n) is 6.65. The van der Waals surface area contributed by atoms with Crippen LogP contribution in [-0.2, 0) is 16.1 Å². The van der Waals surface area contributed by atoms with Crippen molar-refractivity contribution in [3.05, 3.63) is 59.2 Å². The van der Waals surface area contributed by atoms with E-state index in [9.17, 15) is 9.59 Å². The Kier molecular flexibility index (Phi) is 5.26. The van der Waals surface area contributed by atoms with Gasteiger partial charge in [0.25, 0.3) is 0 Å². The molecule has 1 heterocycles. The van der Waals surface area contributed by atoms with Crippen molar-refractivity contribution in [2.75, 3.05) is 18.6 Å². The van der Waals surface area contributed by atoms with Crippen LogP contribution in [-0.4, -0.2) is 25.5 Å². The van der Waals surface area contributed by atoms with Crippen molar-refractivity contribution in [3.8, 4) is 5.75 Å². The van der Waals surface area contributed by atoms with Crippen molar-refractivity contribution in [1.82, 2.24) is 5.32 Å². The molecule has 5 heteroatoms. The molecule has 1 aliphatic heterocycles. The molecule has 1 N–H and O–H groups in total. The second kappa shape index (κ2) is 7.60. The third-order valence-corrected chi connectivity index (χ3v) is 5.01. The van der Waals surface area contributed by atoms with E-state index in [-0.39, 0.29) is 24.2 Å². The summed E-state index contributed by atoms with van der Waals surface area (Å²) >= 11 is 0. The number of carbonyl (C=O) groups is 2. The van der Waals surface area contributed by atoms with Crippen LogP contribution in [0.25, 0.3) is 0 Å². The molecule has 5 nitrogen and oxygen atoms in total. The Balaban J connectivity index is 1.66. The van der Waals surface area contributed by atoms with Gasteiger partial charge in [-0.05, 0) is 37.1 Å². The lowest BCUT2D eigenvalue weighted by Crippen LogP contribution is -2.32. The molecule has 1 fully saturated rings. The van der Waals surface area contributed by atoms with E-state index in [1.165, 1.54) is 0 Å². The third kappa shape index (κ3) is 3.57. The van der Waals surface area contributed by atoms with Crippen LogP contribution in [0, 0.1) is 19.8 Å². The topological polar surface area (TPSA) is 58.6 Å². The van der Waals surface area contributed by atoms with E-state index in [1.807, 2.05) is 56.3 Å². The molecule has 1 atom stereocenters. The molecule has 1 unspecified atom stereocenters. The van der Waals surface area contributed by atoms with E-state index >= 15 is 0 Å². The summed E-state index contributed by atoms with van der Waals surface area (Å²) in [6.45, 7) is 4.84. The van der Waals surface area contributed by atoms with Gasteiger partial charge in [0.05, 0.1) is 13.0 Å². The van der Waals surface area contributed by atoms with Gasteiger partial charge < -0.3 is 15.0 Å². The maximum Gasteiger partial charge on any atom is 0.227 e. The molecule has 1 aliphatic rings. The number of rotatable bonds is 5. The summed E-state index contributed by atoms with van der Waals surface area (Å²) in [5, 5.41) is 2.94. The van der Waals surface area contributed by atoms with Crippen LogP contribution >= 0.6 is 0 Å². The first-order chi connectivity index (χ1) is 12.5. The highest BCUT2D eigenvalue weighted by Gasteiger charge is 2.35. The molecule has 2 aromatic carbocycles. The Morgan fingerprint density at radius 2 is 1.96 bits per heavy atom. The summed E-state index contributed by atoms with van der Waals surface area (Å²) in [6.07, 6.45) is 0.241. The molecule has 26 heavy (non-hydrogen) atoms. The number of para-hydroxylation sites is 1. The molecule has 136 valence electrons. The van der Waals surface area contributed by atoms with Crippen LogP contribution < -0.4 is 15.0 Å². The van der Waals surface area contributed by atoms with Crippen molar-refractivity contribution >= 4 is 17.5 Å². The highest BCUT2D eigenvalue weighted by atomic mass is 16.5. The molecule has 2 amide bonds. The smallest absolute Gasteiger partial charge is 0.227 e. The first kappa shape index (κ1) is 18.0. The number of methoxy groups -OCH3 is 1. The van der Waals surface area contributed by atoms with Crippen molar-refractivity contribution < 1.29 is 14.3 Å². The van der Waals surface area contributed by atoms with E-state index in [0.717, 1.165) is 28.1 Å². The Morgan fingerprint density at radius 1 is 1.19 bits per heavy atom. The minimum absolute atomic E-state index is 0.00357.